The Kier molecular flexibility index (Phi) is 3.51. The average Bonchev–Trinajstić information content (AvgIpc) is 2.64. The second-order valence-electron chi connectivity index (χ2n) is 4.43. The molecule has 0 unspecified atom stereocenters. The monoisotopic (exact) mass is 255 g/mol. The number of amides is 1. The van der Waals surface area contributed by atoms with E-state index in [4.69, 9.17) is 5.73 Å². The average molecular weight is 255 g/mol. The van der Waals surface area contributed by atoms with Gasteiger partial charge in [-0.3, -0.25) is 9.78 Å². The number of hydrogen-bond donors (Lipinski definition) is 1. The van der Waals surface area contributed by atoms with Crippen LogP contribution >= 0.6 is 0 Å². The Balaban J connectivity index is 2.75. The Hall–Kier alpha value is -2.36. The van der Waals surface area contributed by atoms with Crippen molar-refractivity contribution < 1.29 is 4.79 Å². The van der Waals surface area contributed by atoms with E-state index in [-0.39, 0.29) is 0 Å². The molecule has 2 heterocycles. The van der Waals surface area contributed by atoms with Crippen molar-refractivity contribution in [2.24, 2.45) is 5.73 Å². The van der Waals surface area contributed by atoms with E-state index in [2.05, 4.69) is 11.6 Å². The first kappa shape index (κ1) is 13.1. The van der Waals surface area contributed by atoms with E-state index in [1.54, 1.807) is 18.5 Å². The highest BCUT2D eigenvalue weighted by Gasteiger charge is 2.21. The first-order valence-electron chi connectivity index (χ1n) is 6.08. The molecule has 0 aromatic carbocycles. The van der Waals surface area contributed by atoms with Crippen molar-refractivity contribution in [3.63, 3.8) is 0 Å². The van der Waals surface area contributed by atoms with Crippen LogP contribution in [0.4, 0.5) is 0 Å². The van der Waals surface area contributed by atoms with Crippen LogP contribution in [0.15, 0.2) is 37.2 Å². The molecule has 0 aliphatic carbocycles. The molecular formula is C15H17N3O. The van der Waals surface area contributed by atoms with Crippen LogP contribution in [0.3, 0.4) is 0 Å². The van der Waals surface area contributed by atoms with Crippen molar-refractivity contribution in [1.29, 1.82) is 0 Å². The van der Waals surface area contributed by atoms with Crippen LogP contribution in [-0.2, 0) is 6.54 Å². The molecule has 0 bridgehead atoms. The summed E-state index contributed by atoms with van der Waals surface area (Å²) in [6.07, 6.45) is 5.25. The molecule has 2 aromatic rings. The molecule has 2 aromatic heterocycles. The van der Waals surface area contributed by atoms with Crippen LogP contribution < -0.4 is 5.73 Å². The third-order valence-corrected chi connectivity index (χ3v) is 3.29. The minimum absolute atomic E-state index is 0.415. The molecule has 0 aliphatic rings. The molecular weight excluding hydrogens is 238 g/mol. The van der Waals surface area contributed by atoms with Gasteiger partial charge in [-0.15, -0.1) is 6.58 Å². The highest BCUT2D eigenvalue weighted by Crippen LogP contribution is 2.31. The molecule has 0 aliphatic heterocycles. The minimum atomic E-state index is -0.415. The van der Waals surface area contributed by atoms with Crippen LogP contribution in [0.25, 0.3) is 11.1 Å². The molecule has 0 spiro atoms. The van der Waals surface area contributed by atoms with Gasteiger partial charge < -0.3 is 10.3 Å². The lowest BCUT2D eigenvalue weighted by molar-refractivity contribution is 0.1000. The van der Waals surface area contributed by atoms with Crippen molar-refractivity contribution in [1.82, 2.24) is 9.55 Å². The third kappa shape index (κ3) is 2.17. The number of primary amides is 1. The van der Waals surface area contributed by atoms with E-state index in [1.807, 2.05) is 30.5 Å². The summed E-state index contributed by atoms with van der Waals surface area (Å²) in [5, 5.41) is 0. The number of hydrogen-bond acceptors (Lipinski definition) is 2. The number of nitrogens with zero attached hydrogens (tertiary/aromatic N) is 2. The van der Waals surface area contributed by atoms with Gasteiger partial charge in [0.05, 0.1) is 5.56 Å². The normalized spacial score (nSPS) is 10.4. The highest BCUT2D eigenvalue weighted by molar-refractivity contribution is 6.02. The molecule has 98 valence electrons. The molecule has 19 heavy (non-hydrogen) atoms. The van der Waals surface area contributed by atoms with Crippen LogP contribution in [0.5, 0.6) is 0 Å². The van der Waals surface area contributed by atoms with Crippen LogP contribution in [0, 0.1) is 13.8 Å². The summed E-state index contributed by atoms with van der Waals surface area (Å²) >= 11 is 0. The van der Waals surface area contributed by atoms with E-state index in [1.165, 1.54) is 0 Å². The molecule has 4 heteroatoms. The lowest BCUT2D eigenvalue weighted by Gasteiger charge is -2.06. The van der Waals surface area contributed by atoms with E-state index in [9.17, 15) is 4.79 Å². The van der Waals surface area contributed by atoms with Gasteiger partial charge in [0.15, 0.2) is 0 Å². The first-order valence-corrected chi connectivity index (χ1v) is 6.08. The maximum absolute atomic E-state index is 11.7. The molecule has 0 saturated heterocycles. The van der Waals surface area contributed by atoms with Crippen molar-refractivity contribution in [2.45, 2.75) is 20.4 Å². The van der Waals surface area contributed by atoms with Gasteiger partial charge in [0.2, 0.25) is 0 Å². The molecule has 1 amide bonds. The molecule has 4 nitrogen and oxygen atoms in total. The predicted octanol–water partition coefficient (Wildman–Crippen LogP) is 2.45. The number of pyridine rings is 1. The highest BCUT2D eigenvalue weighted by atomic mass is 16.1. The lowest BCUT2D eigenvalue weighted by atomic mass is 10.0. The fourth-order valence-electron chi connectivity index (χ4n) is 2.45. The summed E-state index contributed by atoms with van der Waals surface area (Å²) in [5.41, 5.74) is 9.72. The number of carbonyl (C=O) groups is 1. The van der Waals surface area contributed by atoms with Crippen LogP contribution in [0.1, 0.15) is 21.7 Å². The number of nitrogens with two attached hydrogens (primary N) is 1. The SMILES string of the molecule is C=CCn1c(C)c(C(N)=O)c(-c2cccnc2)c1C. The molecule has 0 saturated carbocycles. The van der Waals surface area contributed by atoms with Crippen LogP contribution in [0.2, 0.25) is 0 Å². The van der Waals surface area contributed by atoms with Gasteiger partial charge >= 0.3 is 0 Å². The van der Waals surface area contributed by atoms with Crippen molar-refractivity contribution in [3.8, 4) is 11.1 Å². The topological polar surface area (TPSA) is 60.9 Å². The first-order chi connectivity index (χ1) is 9.07. The van der Waals surface area contributed by atoms with Gasteiger partial charge in [0.1, 0.15) is 0 Å². The van der Waals surface area contributed by atoms with Gasteiger partial charge in [-0.05, 0) is 19.9 Å². The summed E-state index contributed by atoms with van der Waals surface area (Å²) in [6.45, 7) is 8.27. The standard InChI is InChI=1S/C15H17N3O/c1-4-8-18-10(2)13(12-6-5-7-17-9-12)14(11(18)3)15(16)19/h4-7,9H,1,8H2,2-3H3,(H2,16,19). The Labute approximate surface area is 112 Å². The zero-order valence-corrected chi connectivity index (χ0v) is 11.2. The second-order valence-corrected chi connectivity index (χ2v) is 4.43. The summed E-state index contributed by atoms with van der Waals surface area (Å²) in [5.74, 6) is -0.415. The number of rotatable bonds is 4. The molecule has 2 rings (SSSR count). The smallest absolute Gasteiger partial charge is 0.251 e. The number of allylic oxidation sites excluding steroid dienone is 1. The molecule has 0 atom stereocenters. The largest absolute Gasteiger partial charge is 0.366 e. The van der Waals surface area contributed by atoms with E-state index >= 15 is 0 Å². The van der Waals surface area contributed by atoms with Gasteiger partial charge in [0, 0.05) is 41.5 Å². The third-order valence-electron chi connectivity index (χ3n) is 3.29. The minimum Gasteiger partial charge on any atom is -0.366 e. The summed E-state index contributed by atoms with van der Waals surface area (Å²) in [4.78, 5) is 15.9. The maximum Gasteiger partial charge on any atom is 0.251 e. The van der Waals surface area contributed by atoms with Gasteiger partial charge in [0.25, 0.3) is 5.91 Å². The Morgan fingerprint density at radius 2 is 2.21 bits per heavy atom. The van der Waals surface area contributed by atoms with Crippen molar-refractivity contribution in [2.75, 3.05) is 0 Å². The Morgan fingerprint density at radius 1 is 1.47 bits per heavy atom. The molecule has 0 fully saturated rings. The lowest BCUT2D eigenvalue weighted by Crippen LogP contribution is -2.13. The summed E-state index contributed by atoms with van der Waals surface area (Å²) in [6, 6.07) is 3.78. The Morgan fingerprint density at radius 3 is 2.74 bits per heavy atom. The number of carbonyl (C=O) groups excluding carboxylic acids is 1. The fraction of sp³-hybridized carbons (Fsp3) is 0.200. The van der Waals surface area contributed by atoms with E-state index in [0.29, 0.717) is 12.1 Å². The molecule has 2 N–H and O–H groups in total. The summed E-state index contributed by atoms with van der Waals surface area (Å²) in [7, 11) is 0. The fourth-order valence-corrected chi connectivity index (χ4v) is 2.45. The van der Waals surface area contributed by atoms with Gasteiger partial charge in [-0.1, -0.05) is 12.1 Å². The van der Waals surface area contributed by atoms with E-state index < -0.39 is 5.91 Å². The molecule has 0 radical (unpaired) electrons. The van der Waals surface area contributed by atoms with Gasteiger partial charge in [-0.2, -0.15) is 0 Å². The maximum atomic E-state index is 11.7. The van der Waals surface area contributed by atoms with Crippen molar-refractivity contribution in [3.05, 3.63) is 54.1 Å². The second kappa shape index (κ2) is 5.10. The Bertz CT molecular complexity index is 627. The van der Waals surface area contributed by atoms with E-state index in [0.717, 1.165) is 22.5 Å². The van der Waals surface area contributed by atoms with Gasteiger partial charge in [-0.25, -0.2) is 0 Å². The quantitative estimate of drug-likeness (QED) is 0.853. The van der Waals surface area contributed by atoms with Crippen molar-refractivity contribution >= 4 is 5.91 Å². The zero-order valence-electron chi connectivity index (χ0n) is 11.2. The predicted molar refractivity (Wildman–Crippen MR) is 75.9 cm³/mol. The zero-order chi connectivity index (χ0) is 14.0. The summed E-state index contributed by atoms with van der Waals surface area (Å²) < 4.78 is 2.04. The van der Waals surface area contributed by atoms with Crippen LogP contribution in [-0.4, -0.2) is 15.5 Å². The number of aromatic nitrogens is 2.